The summed E-state index contributed by atoms with van der Waals surface area (Å²) in [4.78, 5) is 16.3. The Balaban J connectivity index is 0.00000220. The zero-order chi connectivity index (χ0) is 14.4. The summed E-state index contributed by atoms with van der Waals surface area (Å²) in [5.41, 5.74) is 1.43. The van der Waals surface area contributed by atoms with Crippen molar-refractivity contribution in [3.05, 3.63) is 40.4 Å². The Morgan fingerprint density at radius 2 is 1.91 bits per heavy atom. The summed E-state index contributed by atoms with van der Waals surface area (Å²) < 4.78 is 0. The summed E-state index contributed by atoms with van der Waals surface area (Å²) in [6.07, 6.45) is 0.899. The van der Waals surface area contributed by atoms with Gasteiger partial charge in [-0.3, -0.25) is 4.79 Å². The number of carbonyl (C=O) groups excluding carboxylic acids is 1. The van der Waals surface area contributed by atoms with Crippen LogP contribution in [0.2, 0.25) is 5.02 Å². The molecule has 0 fully saturated rings. The molecular formula is C14H18Cl3N3OS. The van der Waals surface area contributed by atoms with Crippen molar-refractivity contribution < 1.29 is 4.79 Å². The Bertz CT molecular complexity index is 575. The lowest BCUT2D eigenvalue weighted by molar-refractivity contribution is 0.0949. The molecule has 1 aromatic carbocycles. The van der Waals surface area contributed by atoms with Crippen LogP contribution >= 0.6 is 47.8 Å². The first-order valence-corrected chi connectivity index (χ1v) is 7.60. The van der Waals surface area contributed by atoms with E-state index in [1.54, 1.807) is 5.38 Å². The number of rotatable bonds is 6. The van der Waals surface area contributed by atoms with Gasteiger partial charge in [-0.2, -0.15) is 0 Å². The quantitative estimate of drug-likeness (QED) is 0.750. The lowest BCUT2D eigenvalue weighted by Crippen LogP contribution is -2.26. The van der Waals surface area contributed by atoms with E-state index in [1.807, 2.05) is 31.3 Å². The number of nitrogens with one attached hydrogen (secondary N) is 2. The molecule has 1 heterocycles. The Morgan fingerprint density at radius 1 is 1.23 bits per heavy atom. The summed E-state index contributed by atoms with van der Waals surface area (Å²) in [5.74, 6) is -0.127. The van der Waals surface area contributed by atoms with Gasteiger partial charge in [0.1, 0.15) is 10.7 Å². The number of aromatic nitrogens is 1. The third kappa shape index (κ3) is 6.10. The van der Waals surface area contributed by atoms with Gasteiger partial charge in [-0.05, 0) is 32.1 Å². The normalized spacial score (nSPS) is 9.55. The summed E-state index contributed by atoms with van der Waals surface area (Å²) in [6, 6.07) is 7.43. The van der Waals surface area contributed by atoms with Crippen molar-refractivity contribution in [2.24, 2.45) is 0 Å². The van der Waals surface area contributed by atoms with Crippen LogP contribution < -0.4 is 10.6 Å². The van der Waals surface area contributed by atoms with Crippen molar-refractivity contribution >= 4 is 53.7 Å². The van der Waals surface area contributed by atoms with Gasteiger partial charge in [0, 0.05) is 22.5 Å². The van der Waals surface area contributed by atoms with Gasteiger partial charge in [0.05, 0.1) is 0 Å². The second-order valence-corrected chi connectivity index (χ2v) is 5.55. The van der Waals surface area contributed by atoms with E-state index in [1.165, 1.54) is 11.3 Å². The Labute approximate surface area is 151 Å². The fourth-order valence-electron chi connectivity index (χ4n) is 1.66. The zero-order valence-electron chi connectivity index (χ0n) is 12.0. The third-order valence-electron chi connectivity index (χ3n) is 2.72. The van der Waals surface area contributed by atoms with Gasteiger partial charge < -0.3 is 10.6 Å². The number of halogens is 3. The minimum atomic E-state index is -0.127. The van der Waals surface area contributed by atoms with Crippen LogP contribution in [-0.2, 0) is 0 Å². The highest BCUT2D eigenvalue weighted by atomic mass is 35.5. The molecule has 0 spiro atoms. The molecule has 22 heavy (non-hydrogen) atoms. The van der Waals surface area contributed by atoms with Gasteiger partial charge in [-0.25, -0.2) is 4.98 Å². The van der Waals surface area contributed by atoms with E-state index in [2.05, 4.69) is 15.6 Å². The van der Waals surface area contributed by atoms with E-state index in [0.29, 0.717) is 17.3 Å². The topological polar surface area (TPSA) is 54.0 Å². The average Bonchev–Trinajstić information content (AvgIpc) is 2.94. The molecule has 0 atom stereocenters. The Morgan fingerprint density at radius 3 is 2.55 bits per heavy atom. The highest BCUT2D eigenvalue weighted by Gasteiger charge is 2.11. The number of hydrogen-bond donors (Lipinski definition) is 2. The second kappa shape index (κ2) is 10.8. The molecule has 0 unspecified atom stereocenters. The van der Waals surface area contributed by atoms with Gasteiger partial charge >= 0.3 is 0 Å². The van der Waals surface area contributed by atoms with E-state index in [9.17, 15) is 4.79 Å². The first kappa shape index (κ1) is 21.1. The Hall–Kier alpha value is -0.850. The molecular weight excluding hydrogens is 365 g/mol. The molecule has 122 valence electrons. The van der Waals surface area contributed by atoms with Crippen molar-refractivity contribution in [2.75, 3.05) is 20.1 Å². The zero-order valence-corrected chi connectivity index (χ0v) is 15.2. The summed E-state index contributed by atoms with van der Waals surface area (Å²) in [7, 11) is 1.89. The summed E-state index contributed by atoms with van der Waals surface area (Å²) >= 11 is 7.30. The molecule has 0 aliphatic carbocycles. The number of amides is 1. The predicted octanol–water partition coefficient (Wildman–Crippen LogP) is 3.65. The van der Waals surface area contributed by atoms with Gasteiger partial charge in [0.25, 0.3) is 5.91 Å². The molecule has 0 radical (unpaired) electrons. The van der Waals surface area contributed by atoms with Gasteiger partial charge in [0.15, 0.2) is 0 Å². The fourth-order valence-corrected chi connectivity index (χ4v) is 2.59. The first-order chi connectivity index (χ1) is 9.70. The minimum absolute atomic E-state index is 0. The molecule has 4 nitrogen and oxygen atoms in total. The van der Waals surface area contributed by atoms with Crippen LogP contribution in [-0.4, -0.2) is 31.0 Å². The first-order valence-electron chi connectivity index (χ1n) is 6.35. The van der Waals surface area contributed by atoms with Gasteiger partial charge in [-0.1, -0.05) is 23.7 Å². The molecule has 0 saturated heterocycles. The van der Waals surface area contributed by atoms with E-state index < -0.39 is 0 Å². The molecule has 2 aromatic rings. The number of thiazole rings is 1. The van der Waals surface area contributed by atoms with Crippen LogP contribution in [0.15, 0.2) is 29.6 Å². The third-order valence-corrected chi connectivity index (χ3v) is 3.86. The lowest BCUT2D eigenvalue weighted by Gasteiger charge is -2.02. The maximum Gasteiger partial charge on any atom is 0.270 e. The monoisotopic (exact) mass is 381 g/mol. The average molecular weight is 383 g/mol. The smallest absolute Gasteiger partial charge is 0.270 e. The largest absolute Gasteiger partial charge is 0.351 e. The van der Waals surface area contributed by atoms with Crippen molar-refractivity contribution in [1.29, 1.82) is 0 Å². The molecule has 8 heteroatoms. The molecule has 1 aromatic heterocycles. The van der Waals surface area contributed by atoms with E-state index in [4.69, 9.17) is 11.6 Å². The SMILES string of the molecule is CNCCCNC(=O)c1csc(-c2ccc(Cl)cc2)n1.Cl.Cl. The highest BCUT2D eigenvalue weighted by Crippen LogP contribution is 2.24. The van der Waals surface area contributed by atoms with Crippen LogP contribution in [0.1, 0.15) is 16.9 Å². The molecule has 0 aliphatic rings. The number of hydrogen-bond acceptors (Lipinski definition) is 4. The lowest BCUT2D eigenvalue weighted by atomic mass is 10.2. The summed E-state index contributed by atoms with van der Waals surface area (Å²) in [6.45, 7) is 1.53. The fraction of sp³-hybridized carbons (Fsp3) is 0.286. The standard InChI is InChI=1S/C14H16ClN3OS.2ClH/c1-16-7-2-8-17-13(19)12-9-20-14(18-12)10-3-5-11(15)6-4-10;;/h3-6,9,16H,2,7-8H2,1H3,(H,17,19);2*1H. The van der Waals surface area contributed by atoms with Crippen molar-refractivity contribution in [3.63, 3.8) is 0 Å². The van der Waals surface area contributed by atoms with E-state index >= 15 is 0 Å². The Kier molecular flexibility index (Phi) is 10.4. The molecule has 0 saturated carbocycles. The van der Waals surface area contributed by atoms with Crippen LogP contribution in [0.25, 0.3) is 10.6 Å². The van der Waals surface area contributed by atoms with Crippen LogP contribution in [0.4, 0.5) is 0 Å². The molecule has 0 aliphatic heterocycles. The molecule has 2 rings (SSSR count). The molecule has 0 bridgehead atoms. The molecule has 2 N–H and O–H groups in total. The maximum absolute atomic E-state index is 11.9. The van der Waals surface area contributed by atoms with Crippen LogP contribution in [0.5, 0.6) is 0 Å². The molecule has 1 amide bonds. The highest BCUT2D eigenvalue weighted by molar-refractivity contribution is 7.13. The maximum atomic E-state index is 11.9. The van der Waals surface area contributed by atoms with Gasteiger partial charge in [0.2, 0.25) is 0 Å². The predicted molar refractivity (Wildman–Crippen MR) is 97.9 cm³/mol. The van der Waals surface area contributed by atoms with Crippen molar-refractivity contribution in [2.45, 2.75) is 6.42 Å². The van der Waals surface area contributed by atoms with Crippen molar-refractivity contribution in [1.82, 2.24) is 15.6 Å². The number of nitrogens with zero attached hydrogens (tertiary/aromatic N) is 1. The minimum Gasteiger partial charge on any atom is -0.351 e. The van der Waals surface area contributed by atoms with Crippen molar-refractivity contribution in [3.8, 4) is 10.6 Å². The summed E-state index contributed by atoms with van der Waals surface area (Å²) in [5, 5.41) is 9.17. The number of benzene rings is 1. The second-order valence-electron chi connectivity index (χ2n) is 4.26. The van der Waals surface area contributed by atoms with E-state index in [0.717, 1.165) is 23.5 Å². The number of carbonyl (C=O) groups is 1. The van der Waals surface area contributed by atoms with Crippen LogP contribution in [0.3, 0.4) is 0 Å². The van der Waals surface area contributed by atoms with Gasteiger partial charge in [-0.15, -0.1) is 36.2 Å². The van der Waals surface area contributed by atoms with Crippen LogP contribution in [0, 0.1) is 0 Å². The van der Waals surface area contributed by atoms with E-state index in [-0.39, 0.29) is 30.7 Å².